The van der Waals surface area contributed by atoms with E-state index in [4.69, 9.17) is 23.5 Å². The summed E-state index contributed by atoms with van der Waals surface area (Å²) in [5.74, 6) is -0.599. The predicted octanol–water partition coefficient (Wildman–Crippen LogP) is 3.56. The molecular weight excluding hydrogens is 503 g/mol. The maximum Gasteiger partial charge on any atom is 0.338 e. The van der Waals surface area contributed by atoms with Crippen molar-refractivity contribution in [1.29, 1.82) is 0 Å². The average Bonchev–Trinajstić information content (AvgIpc) is 3.30. The third-order valence-corrected chi connectivity index (χ3v) is 8.07. The summed E-state index contributed by atoms with van der Waals surface area (Å²) in [6, 6.07) is 9.64. The molecule has 0 amide bonds. The molecule has 1 saturated heterocycles. The molecule has 0 aliphatic carbocycles. The Hall–Kier alpha value is -2.56. The molecule has 0 N–H and O–H groups in total. The second kappa shape index (κ2) is 13.8. The van der Waals surface area contributed by atoms with Gasteiger partial charge >= 0.3 is 11.7 Å². The molecule has 2 unspecified atom stereocenters. The smallest absolute Gasteiger partial charge is 0.338 e. The molecule has 4 atom stereocenters. The van der Waals surface area contributed by atoms with Crippen LogP contribution in [0.1, 0.15) is 56.6 Å². The molecule has 0 saturated carbocycles. The molecule has 2 heterocycles. The van der Waals surface area contributed by atoms with Gasteiger partial charge in [-0.2, -0.15) is 0 Å². The normalized spacial score (nSPS) is 21.0. The summed E-state index contributed by atoms with van der Waals surface area (Å²) in [4.78, 5) is 38.4. The number of nitrogens with zero attached hydrogens (tertiary/aromatic N) is 2. The number of rotatable bonds is 14. The van der Waals surface area contributed by atoms with Crippen LogP contribution in [-0.4, -0.2) is 53.2 Å². The molecule has 12 heteroatoms. The quantitative estimate of drug-likeness (QED) is 0.202. The van der Waals surface area contributed by atoms with E-state index in [2.05, 4.69) is 0 Å². The molecule has 1 aromatic heterocycles. The summed E-state index contributed by atoms with van der Waals surface area (Å²) in [6.07, 6.45) is 0.246. The van der Waals surface area contributed by atoms with Crippen molar-refractivity contribution in [3.05, 3.63) is 69.0 Å². The van der Waals surface area contributed by atoms with Crippen LogP contribution in [0.4, 0.5) is 0 Å². The van der Waals surface area contributed by atoms with Crippen LogP contribution in [0.2, 0.25) is 0 Å². The van der Waals surface area contributed by atoms with E-state index in [0.29, 0.717) is 12.2 Å². The standard InChI is InChI=1S/C25H35N2O9P/c1-4-7-15-32-17-27-21(28)13-14-26(25(27)30)23-20(35-24(29)19-11-9-8-10-12-19)16-22(36-23)33-18-37(31,6-3)34-5-2/h8-14,20,22-23H,4-7,15-18H2,1-3H3/t20?,22-,23+,37?/m0/s1. The average molecular weight is 539 g/mol. The van der Waals surface area contributed by atoms with Crippen LogP contribution in [0.3, 0.4) is 0 Å². The first-order valence-electron chi connectivity index (χ1n) is 12.5. The Kier molecular flexibility index (Phi) is 10.8. The maximum absolute atomic E-state index is 13.2. The van der Waals surface area contributed by atoms with Crippen LogP contribution in [0, 0.1) is 0 Å². The SMILES string of the molecule is CCCCOCn1c(=O)ccn([C@@H]2O[C@H](OCP(=O)(CC)OCC)CC2OC(=O)c2ccccc2)c1=O. The first kappa shape index (κ1) is 29.0. The Bertz CT molecular complexity index is 1180. The fourth-order valence-corrected chi connectivity index (χ4v) is 5.04. The minimum absolute atomic E-state index is 0.0810. The van der Waals surface area contributed by atoms with E-state index < -0.39 is 43.2 Å². The van der Waals surface area contributed by atoms with Crippen molar-refractivity contribution in [2.45, 2.75) is 65.4 Å². The topological polar surface area (TPSA) is 124 Å². The van der Waals surface area contributed by atoms with Gasteiger partial charge in [0.05, 0.1) is 12.2 Å². The molecule has 1 aliphatic rings. The van der Waals surface area contributed by atoms with Crippen LogP contribution >= 0.6 is 7.37 Å². The number of carbonyl (C=O) groups excluding carboxylic acids is 1. The zero-order valence-corrected chi connectivity index (χ0v) is 22.3. The number of hydrogen-bond donors (Lipinski definition) is 0. The highest BCUT2D eigenvalue weighted by Gasteiger charge is 2.41. The zero-order valence-electron chi connectivity index (χ0n) is 21.4. The van der Waals surface area contributed by atoms with Gasteiger partial charge < -0.3 is 23.5 Å². The summed E-state index contributed by atoms with van der Waals surface area (Å²) in [6.45, 7) is 5.96. The number of unbranched alkanes of at least 4 members (excludes halogenated alkanes) is 1. The third kappa shape index (κ3) is 7.72. The number of ether oxygens (including phenoxy) is 4. The Morgan fingerprint density at radius 1 is 1.14 bits per heavy atom. The van der Waals surface area contributed by atoms with Gasteiger partial charge in [-0.05, 0) is 25.5 Å². The highest BCUT2D eigenvalue weighted by Crippen LogP contribution is 2.47. The molecule has 0 spiro atoms. The number of benzene rings is 1. The molecule has 1 aliphatic heterocycles. The van der Waals surface area contributed by atoms with Crippen molar-refractivity contribution in [2.75, 3.05) is 25.7 Å². The first-order chi connectivity index (χ1) is 17.8. The highest BCUT2D eigenvalue weighted by molar-refractivity contribution is 7.58. The second-order valence-electron chi connectivity index (χ2n) is 8.51. The molecule has 0 radical (unpaired) electrons. The second-order valence-corrected chi connectivity index (χ2v) is 11.3. The highest BCUT2D eigenvalue weighted by atomic mass is 31.2. The van der Waals surface area contributed by atoms with Gasteiger partial charge in [-0.1, -0.05) is 38.5 Å². The summed E-state index contributed by atoms with van der Waals surface area (Å²) < 4.78 is 43.2. The fourth-order valence-electron chi connectivity index (χ4n) is 3.74. The summed E-state index contributed by atoms with van der Waals surface area (Å²) >= 11 is 0. The van der Waals surface area contributed by atoms with Crippen molar-refractivity contribution in [1.82, 2.24) is 9.13 Å². The van der Waals surface area contributed by atoms with Gasteiger partial charge in [0.1, 0.15) is 13.1 Å². The molecule has 11 nitrogen and oxygen atoms in total. The lowest BCUT2D eigenvalue weighted by Gasteiger charge is -2.22. The lowest BCUT2D eigenvalue weighted by molar-refractivity contribution is -0.147. The van der Waals surface area contributed by atoms with Gasteiger partial charge in [0.15, 0.2) is 18.6 Å². The minimum atomic E-state index is -3.02. The van der Waals surface area contributed by atoms with Gasteiger partial charge in [0.2, 0.25) is 7.37 Å². The number of hydrogen-bond acceptors (Lipinski definition) is 9. The fraction of sp³-hybridized carbons (Fsp3) is 0.560. The van der Waals surface area contributed by atoms with Gasteiger partial charge in [-0.15, -0.1) is 0 Å². The third-order valence-electron chi connectivity index (χ3n) is 5.84. The number of esters is 1. The summed E-state index contributed by atoms with van der Waals surface area (Å²) in [5, 5.41) is 0. The lowest BCUT2D eigenvalue weighted by atomic mass is 10.2. The van der Waals surface area contributed by atoms with Crippen molar-refractivity contribution in [3.63, 3.8) is 0 Å². The molecule has 0 bridgehead atoms. The molecular formula is C25H35N2O9P. The van der Waals surface area contributed by atoms with Crippen molar-refractivity contribution in [2.24, 2.45) is 0 Å². The van der Waals surface area contributed by atoms with Crippen LogP contribution in [0.25, 0.3) is 0 Å². The van der Waals surface area contributed by atoms with Gasteiger partial charge in [-0.25, -0.2) is 14.2 Å². The van der Waals surface area contributed by atoms with Crippen LogP contribution in [0.5, 0.6) is 0 Å². The van der Waals surface area contributed by atoms with E-state index in [1.807, 2.05) is 6.92 Å². The van der Waals surface area contributed by atoms with Crippen molar-refractivity contribution >= 4 is 13.3 Å². The van der Waals surface area contributed by atoms with E-state index in [0.717, 1.165) is 17.4 Å². The maximum atomic E-state index is 13.2. The largest absolute Gasteiger partial charge is 0.454 e. The Labute approximate surface area is 215 Å². The van der Waals surface area contributed by atoms with Crippen molar-refractivity contribution < 1.29 is 32.8 Å². The Morgan fingerprint density at radius 2 is 1.89 bits per heavy atom. The molecule has 1 aromatic carbocycles. The van der Waals surface area contributed by atoms with E-state index >= 15 is 0 Å². The summed E-state index contributed by atoms with van der Waals surface area (Å²) in [5.41, 5.74) is -0.870. The van der Waals surface area contributed by atoms with Crippen LogP contribution in [0.15, 0.2) is 52.2 Å². The Balaban J connectivity index is 1.85. The molecule has 37 heavy (non-hydrogen) atoms. The van der Waals surface area contributed by atoms with Gasteiger partial charge in [0, 0.05) is 31.5 Å². The van der Waals surface area contributed by atoms with Crippen LogP contribution < -0.4 is 11.2 Å². The minimum Gasteiger partial charge on any atom is -0.454 e. The monoisotopic (exact) mass is 538 g/mol. The van der Waals surface area contributed by atoms with Crippen molar-refractivity contribution in [3.8, 4) is 0 Å². The Morgan fingerprint density at radius 3 is 2.57 bits per heavy atom. The van der Waals surface area contributed by atoms with Gasteiger partial charge in [0.25, 0.3) is 5.56 Å². The number of aromatic nitrogens is 2. The van der Waals surface area contributed by atoms with E-state index in [1.165, 1.54) is 16.8 Å². The van der Waals surface area contributed by atoms with E-state index in [9.17, 15) is 18.9 Å². The first-order valence-corrected chi connectivity index (χ1v) is 14.5. The van der Waals surface area contributed by atoms with Gasteiger partial charge in [-0.3, -0.25) is 13.9 Å². The van der Waals surface area contributed by atoms with E-state index in [1.54, 1.807) is 44.2 Å². The lowest BCUT2D eigenvalue weighted by Crippen LogP contribution is -2.43. The zero-order chi connectivity index (χ0) is 26.8. The van der Waals surface area contributed by atoms with Crippen LogP contribution in [-0.2, 0) is 34.8 Å². The molecule has 1 fully saturated rings. The number of carbonyl (C=O) groups is 1. The molecule has 2 aromatic rings. The van der Waals surface area contributed by atoms with E-state index in [-0.39, 0.29) is 32.3 Å². The predicted molar refractivity (Wildman–Crippen MR) is 136 cm³/mol. The molecule has 3 rings (SSSR count). The summed E-state index contributed by atoms with van der Waals surface area (Å²) in [7, 11) is -3.02. The molecule has 204 valence electrons.